The summed E-state index contributed by atoms with van der Waals surface area (Å²) in [6.07, 6.45) is 0.848. The molecule has 1 amide bonds. The van der Waals surface area contributed by atoms with Gasteiger partial charge in [-0.05, 0) is 46.6 Å². The summed E-state index contributed by atoms with van der Waals surface area (Å²) in [5.41, 5.74) is 1.02. The number of carbonyl (C=O) groups excluding carboxylic acids is 1. The minimum absolute atomic E-state index is 0.0903. The molecule has 1 fully saturated rings. The van der Waals surface area contributed by atoms with E-state index < -0.39 is 6.04 Å². The van der Waals surface area contributed by atoms with Crippen LogP contribution in [-0.2, 0) is 11.3 Å². The molecule has 1 aromatic heterocycles. The lowest BCUT2D eigenvalue weighted by atomic mass is 10.1. The van der Waals surface area contributed by atoms with Crippen LogP contribution in [0.1, 0.15) is 30.3 Å². The topological polar surface area (TPSA) is 59.2 Å². The standard InChI is InChI=1S/C19H14BrF2N3O2/c20-13-9-11(5-6-15(13)22)18-23-19(27-24-18)16-7-8-17(26)25(16)10-12-3-1-2-4-14(12)21/h1-6,9,16H,7-8,10H2. The van der Waals surface area contributed by atoms with E-state index >= 15 is 0 Å². The highest BCUT2D eigenvalue weighted by Gasteiger charge is 2.36. The number of amides is 1. The monoisotopic (exact) mass is 433 g/mol. The van der Waals surface area contributed by atoms with Crippen molar-refractivity contribution in [2.45, 2.75) is 25.4 Å². The largest absolute Gasteiger partial charge is 0.337 e. The van der Waals surface area contributed by atoms with E-state index in [4.69, 9.17) is 4.52 Å². The zero-order valence-electron chi connectivity index (χ0n) is 14.0. The molecule has 0 saturated carbocycles. The zero-order chi connectivity index (χ0) is 19.0. The van der Waals surface area contributed by atoms with Crippen LogP contribution in [0.4, 0.5) is 8.78 Å². The molecular weight excluding hydrogens is 420 g/mol. The summed E-state index contributed by atoms with van der Waals surface area (Å²) in [7, 11) is 0. The first-order valence-corrected chi connectivity index (χ1v) is 9.14. The molecule has 1 aliphatic heterocycles. The lowest BCUT2D eigenvalue weighted by Crippen LogP contribution is -2.27. The maximum atomic E-state index is 14.0. The maximum absolute atomic E-state index is 14.0. The smallest absolute Gasteiger partial charge is 0.249 e. The van der Waals surface area contributed by atoms with E-state index in [0.717, 1.165) is 0 Å². The summed E-state index contributed by atoms with van der Waals surface area (Å²) in [6, 6.07) is 10.3. The number of halogens is 3. The number of rotatable bonds is 4. The third-order valence-corrected chi connectivity index (χ3v) is 5.14. The van der Waals surface area contributed by atoms with E-state index in [-0.39, 0.29) is 30.0 Å². The average molecular weight is 434 g/mol. The Balaban J connectivity index is 1.60. The van der Waals surface area contributed by atoms with Crippen LogP contribution in [-0.4, -0.2) is 20.9 Å². The Labute approximate surface area is 162 Å². The number of carbonyl (C=O) groups is 1. The Bertz CT molecular complexity index is 1010. The van der Waals surface area contributed by atoms with Gasteiger partial charge in [0.2, 0.25) is 17.6 Å². The third kappa shape index (κ3) is 3.49. The van der Waals surface area contributed by atoms with Crippen molar-refractivity contribution < 1.29 is 18.1 Å². The van der Waals surface area contributed by atoms with Gasteiger partial charge < -0.3 is 9.42 Å². The fraction of sp³-hybridized carbons (Fsp3) is 0.211. The first-order valence-electron chi connectivity index (χ1n) is 8.35. The Hall–Kier alpha value is -2.61. The predicted molar refractivity (Wildman–Crippen MR) is 96.3 cm³/mol. The van der Waals surface area contributed by atoms with E-state index in [0.29, 0.717) is 34.3 Å². The molecule has 2 heterocycles. The highest BCUT2D eigenvalue weighted by Crippen LogP contribution is 2.34. The number of nitrogens with zero attached hydrogens (tertiary/aromatic N) is 3. The lowest BCUT2D eigenvalue weighted by Gasteiger charge is -2.22. The molecule has 1 saturated heterocycles. The van der Waals surface area contributed by atoms with E-state index in [1.54, 1.807) is 35.2 Å². The number of likely N-dealkylation sites (tertiary alicyclic amines) is 1. The second-order valence-corrected chi connectivity index (χ2v) is 7.11. The zero-order valence-corrected chi connectivity index (χ0v) is 15.6. The molecule has 3 aromatic rings. The van der Waals surface area contributed by atoms with Gasteiger partial charge in [-0.25, -0.2) is 8.78 Å². The van der Waals surface area contributed by atoms with Crippen LogP contribution in [0.15, 0.2) is 51.5 Å². The summed E-state index contributed by atoms with van der Waals surface area (Å²) in [5, 5.41) is 3.94. The fourth-order valence-electron chi connectivity index (χ4n) is 3.12. The fourth-order valence-corrected chi connectivity index (χ4v) is 3.50. The van der Waals surface area contributed by atoms with Crippen molar-refractivity contribution in [2.75, 3.05) is 0 Å². The summed E-state index contributed by atoms with van der Waals surface area (Å²) < 4.78 is 33.0. The molecule has 1 unspecified atom stereocenters. The van der Waals surface area contributed by atoms with E-state index in [1.807, 2.05) is 0 Å². The van der Waals surface area contributed by atoms with Gasteiger partial charge in [-0.1, -0.05) is 23.4 Å². The van der Waals surface area contributed by atoms with Gasteiger partial charge in [0.25, 0.3) is 0 Å². The first-order chi connectivity index (χ1) is 13.0. The highest BCUT2D eigenvalue weighted by atomic mass is 79.9. The molecule has 0 bridgehead atoms. The Morgan fingerprint density at radius 2 is 2.00 bits per heavy atom. The second-order valence-electron chi connectivity index (χ2n) is 6.25. The Kier molecular flexibility index (Phi) is 4.73. The van der Waals surface area contributed by atoms with Crippen LogP contribution in [0.5, 0.6) is 0 Å². The first kappa shape index (κ1) is 17.8. The number of aromatic nitrogens is 2. The van der Waals surface area contributed by atoms with Gasteiger partial charge in [-0.2, -0.15) is 4.98 Å². The molecule has 0 N–H and O–H groups in total. The van der Waals surface area contributed by atoms with Gasteiger partial charge in [0.15, 0.2) is 0 Å². The van der Waals surface area contributed by atoms with Crippen LogP contribution >= 0.6 is 15.9 Å². The summed E-state index contributed by atoms with van der Waals surface area (Å²) in [6.45, 7) is 0.135. The van der Waals surface area contributed by atoms with E-state index in [2.05, 4.69) is 26.1 Å². The third-order valence-electron chi connectivity index (χ3n) is 4.53. The predicted octanol–water partition coefficient (Wildman–Crippen LogP) is 4.64. The Morgan fingerprint density at radius 1 is 1.19 bits per heavy atom. The SMILES string of the molecule is O=C1CCC(c2nc(-c3ccc(F)c(Br)c3)no2)N1Cc1ccccc1F. The Morgan fingerprint density at radius 3 is 2.78 bits per heavy atom. The molecule has 138 valence electrons. The molecule has 4 rings (SSSR count). The van der Waals surface area contributed by atoms with E-state index in [9.17, 15) is 13.6 Å². The summed E-state index contributed by atoms with van der Waals surface area (Å²) in [5.74, 6) is -0.255. The van der Waals surface area contributed by atoms with Gasteiger partial charge >= 0.3 is 0 Å². The van der Waals surface area contributed by atoms with Crippen molar-refractivity contribution in [3.8, 4) is 11.4 Å². The van der Waals surface area contributed by atoms with Crippen LogP contribution in [0.2, 0.25) is 0 Å². The number of hydrogen-bond donors (Lipinski definition) is 0. The molecule has 1 atom stereocenters. The molecule has 8 heteroatoms. The van der Waals surface area contributed by atoms with Crippen molar-refractivity contribution in [1.82, 2.24) is 15.0 Å². The van der Waals surface area contributed by atoms with Crippen LogP contribution in [0, 0.1) is 11.6 Å². The van der Waals surface area contributed by atoms with Gasteiger partial charge in [-0.15, -0.1) is 0 Å². The van der Waals surface area contributed by atoms with Crippen LogP contribution in [0.25, 0.3) is 11.4 Å². The van der Waals surface area contributed by atoms with Crippen molar-refractivity contribution in [2.24, 2.45) is 0 Å². The van der Waals surface area contributed by atoms with Crippen molar-refractivity contribution >= 4 is 21.8 Å². The molecule has 5 nitrogen and oxygen atoms in total. The normalized spacial score (nSPS) is 16.9. The van der Waals surface area contributed by atoms with Crippen molar-refractivity contribution in [3.05, 3.63) is 70.0 Å². The number of hydrogen-bond acceptors (Lipinski definition) is 4. The van der Waals surface area contributed by atoms with Crippen molar-refractivity contribution in [3.63, 3.8) is 0 Å². The quantitative estimate of drug-likeness (QED) is 0.601. The molecular formula is C19H14BrF2N3O2. The minimum atomic E-state index is -0.415. The van der Waals surface area contributed by atoms with Crippen LogP contribution in [0.3, 0.4) is 0 Å². The van der Waals surface area contributed by atoms with Crippen molar-refractivity contribution in [1.29, 1.82) is 0 Å². The molecule has 0 spiro atoms. The van der Waals surface area contributed by atoms with E-state index in [1.165, 1.54) is 12.1 Å². The van der Waals surface area contributed by atoms with Crippen LogP contribution < -0.4 is 0 Å². The van der Waals surface area contributed by atoms with Gasteiger partial charge in [0.05, 0.1) is 4.47 Å². The molecule has 2 aromatic carbocycles. The average Bonchev–Trinajstić information content (AvgIpc) is 3.27. The minimum Gasteiger partial charge on any atom is -0.337 e. The second kappa shape index (κ2) is 7.19. The highest BCUT2D eigenvalue weighted by molar-refractivity contribution is 9.10. The molecule has 0 aliphatic carbocycles. The molecule has 1 aliphatic rings. The van der Waals surface area contributed by atoms with Gasteiger partial charge in [-0.3, -0.25) is 4.79 Å². The lowest BCUT2D eigenvalue weighted by molar-refractivity contribution is -0.130. The van der Waals surface area contributed by atoms with Gasteiger partial charge in [0.1, 0.15) is 17.7 Å². The molecule has 0 radical (unpaired) electrons. The summed E-state index contributed by atoms with van der Waals surface area (Å²) >= 11 is 3.13. The maximum Gasteiger partial charge on any atom is 0.249 e. The summed E-state index contributed by atoms with van der Waals surface area (Å²) in [4.78, 5) is 18.2. The number of benzene rings is 2. The molecule has 27 heavy (non-hydrogen) atoms. The van der Waals surface area contributed by atoms with Gasteiger partial charge in [0, 0.05) is 24.1 Å².